The molecule has 2 rings (SSSR count). The third kappa shape index (κ3) is 3.25. The van der Waals surface area contributed by atoms with Gasteiger partial charge in [-0.3, -0.25) is 0 Å². The molecule has 0 bridgehead atoms. The maximum absolute atomic E-state index is 5.83. The van der Waals surface area contributed by atoms with Gasteiger partial charge >= 0.3 is 0 Å². The lowest BCUT2D eigenvalue weighted by Crippen LogP contribution is -2.05. The minimum absolute atomic E-state index is 0.00998. The molecule has 88 valence electrons. The summed E-state index contributed by atoms with van der Waals surface area (Å²) in [5.41, 5.74) is 7.85. The zero-order valence-electron chi connectivity index (χ0n) is 9.79. The molecule has 2 aromatic heterocycles. The molecule has 0 radical (unpaired) electrons. The van der Waals surface area contributed by atoms with Gasteiger partial charge in [-0.25, -0.2) is 15.0 Å². The highest BCUT2D eigenvalue weighted by Crippen LogP contribution is 2.24. The molecule has 0 amide bonds. The van der Waals surface area contributed by atoms with Crippen molar-refractivity contribution in [3.63, 3.8) is 0 Å². The second-order valence-corrected chi connectivity index (χ2v) is 4.79. The quantitative estimate of drug-likeness (QED) is 0.842. The van der Waals surface area contributed by atoms with E-state index in [1.165, 1.54) is 11.8 Å². The zero-order chi connectivity index (χ0) is 12.3. The first-order chi connectivity index (χ1) is 8.15. The minimum atomic E-state index is 0.00998. The van der Waals surface area contributed by atoms with Crippen molar-refractivity contribution in [3.05, 3.63) is 41.9 Å². The molecule has 0 saturated heterocycles. The summed E-state index contributed by atoms with van der Waals surface area (Å²) < 4.78 is 0. The van der Waals surface area contributed by atoms with E-state index in [2.05, 4.69) is 15.0 Å². The predicted molar refractivity (Wildman–Crippen MR) is 67.7 cm³/mol. The molecular formula is C12H14N4S. The lowest BCUT2D eigenvalue weighted by molar-refractivity contribution is 0.807. The summed E-state index contributed by atoms with van der Waals surface area (Å²) in [4.78, 5) is 12.8. The predicted octanol–water partition coefficient (Wildman–Crippen LogP) is 2.35. The van der Waals surface area contributed by atoms with Gasteiger partial charge in [0, 0.05) is 24.1 Å². The van der Waals surface area contributed by atoms with Gasteiger partial charge in [0.05, 0.1) is 0 Å². The largest absolute Gasteiger partial charge is 0.324 e. The fourth-order valence-corrected chi connectivity index (χ4v) is 2.13. The third-order valence-electron chi connectivity index (χ3n) is 2.25. The Morgan fingerprint density at radius 2 is 2.00 bits per heavy atom. The first kappa shape index (κ1) is 12.0. The molecule has 0 saturated carbocycles. The van der Waals surface area contributed by atoms with Gasteiger partial charge in [0.25, 0.3) is 0 Å². The second-order valence-electron chi connectivity index (χ2n) is 3.80. The van der Waals surface area contributed by atoms with Gasteiger partial charge in [-0.15, -0.1) is 0 Å². The highest BCUT2D eigenvalue weighted by atomic mass is 32.2. The van der Waals surface area contributed by atoms with E-state index in [1.807, 2.05) is 32.0 Å². The van der Waals surface area contributed by atoms with Crippen LogP contribution >= 0.6 is 11.8 Å². The van der Waals surface area contributed by atoms with Crippen LogP contribution in [0, 0.1) is 6.92 Å². The van der Waals surface area contributed by atoms with Crippen LogP contribution in [0.3, 0.4) is 0 Å². The van der Waals surface area contributed by atoms with Gasteiger partial charge in [0.2, 0.25) is 0 Å². The van der Waals surface area contributed by atoms with Crippen LogP contribution in [0.1, 0.15) is 24.2 Å². The number of nitrogens with zero attached hydrogens (tertiary/aromatic N) is 3. The summed E-state index contributed by atoms with van der Waals surface area (Å²) in [5, 5.41) is 1.57. The van der Waals surface area contributed by atoms with Gasteiger partial charge in [-0.1, -0.05) is 0 Å². The summed E-state index contributed by atoms with van der Waals surface area (Å²) in [6, 6.07) is 5.78. The van der Waals surface area contributed by atoms with E-state index in [4.69, 9.17) is 5.73 Å². The lowest BCUT2D eigenvalue weighted by atomic mass is 10.1. The number of hydrogen-bond acceptors (Lipinski definition) is 5. The molecule has 2 N–H and O–H groups in total. The average Bonchev–Trinajstić information content (AvgIpc) is 2.29. The molecule has 0 aliphatic heterocycles. The van der Waals surface area contributed by atoms with Crippen LogP contribution in [0.15, 0.2) is 40.8 Å². The summed E-state index contributed by atoms with van der Waals surface area (Å²) in [6.07, 6.45) is 3.51. The Balaban J connectivity index is 2.21. The molecule has 2 heterocycles. The van der Waals surface area contributed by atoms with Crippen molar-refractivity contribution in [1.29, 1.82) is 0 Å². The van der Waals surface area contributed by atoms with Crippen LogP contribution in [0.25, 0.3) is 0 Å². The molecule has 0 unspecified atom stereocenters. The highest BCUT2D eigenvalue weighted by molar-refractivity contribution is 7.99. The smallest absolute Gasteiger partial charge is 0.194 e. The van der Waals surface area contributed by atoms with E-state index in [1.54, 1.807) is 12.4 Å². The van der Waals surface area contributed by atoms with Gasteiger partial charge in [0.15, 0.2) is 5.16 Å². The van der Waals surface area contributed by atoms with E-state index < -0.39 is 0 Å². The van der Waals surface area contributed by atoms with Gasteiger partial charge < -0.3 is 5.73 Å². The fraction of sp³-hybridized carbons (Fsp3) is 0.250. The molecule has 5 heteroatoms. The Morgan fingerprint density at radius 1 is 1.24 bits per heavy atom. The van der Waals surface area contributed by atoms with Crippen molar-refractivity contribution in [2.45, 2.75) is 30.1 Å². The zero-order valence-corrected chi connectivity index (χ0v) is 10.6. The molecule has 2 aromatic rings. The van der Waals surface area contributed by atoms with E-state index in [0.29, 0.717) is 5.16 Å². The topological polar surface area (TPSA) is 64.7 Å². The number of aromatic nitrogens is 3. The Labute approximate surface area is 105 Å². The van der Waals surface area contributed by atoms with Crippen molar-refractivity contribution in [2.24, 2.45) is 5.73 Å². The molecule has 0 aromatic carbocycles. The first-order valence-electron chi connectivity index (χ1n) is 5.34. The molecule has 0 aliphatic carbocycles. The number of nitrogens with two attached hydrogens (primary N) is 1. The van der Waals surface area contributed by atoms with E-state index >= 15 is 0 Å². The number of rotatable bonds is 3. The van der Waals surface area contributed by atoms with E-state index in [9.17, 15) is 0 Å². The average molecular weight is 246 g/mol. The number of hydrogen-bond donors (Lipinski definition) is 1. The van der Waals surface area contributed by atoms with Crippen LogP contribution in [-0.4, -0.2) is 15.0 Å². The summed E-state index contributed by atoms with van der Waals surface area (Å²) in [5.74, 6) is 0. The highest BCUT2D eigenvalue weighted by Gasteiger charge is 2.05. The Bertz CT molecular complexity index is 513. The number of pyridine rings is 1. The standard InChI is InChI=1S/C12H14N4S/c1-8-3-5-15-12(16-8)17-11-7-10(9(2)13)4-6-14-11/h3-7,9H,13H2,1-2H3/t9-/m1/s1. The molecule has 0 spiro atoms. The summed E-state index contributed by atoms with van der Waals surface area (Å²) in [6.45, 7) is 3.89. The van der Waals surface area contributed by atoms with Gasteiger partial charge in [0.1, 0.15) is 5.03 Å². The SMILES string of the molecule is Cc1ccnc(Sc2cc([C@@H](C)N)ccn2)n1. The van der Waals surface area contributed by atoms with Gasteiger partial charge in [-0.2, -0.15) is 0 Å². The monoisotopic (exact) mass is 246 g/mol. The molecule has 0 aliphatic rings. The molecule has 1 atom stereocenters. The van der Waals surface area contributed by atoms with Crippen molar-refractivity contribution in [2.75, 3.05) is 0 Å². The van der Waals surface area contributed by atoms with Crippen molar-refractivity contribution < 1.29 is 0 Å². The first-order valence-corrected chi connectivity index (χ1v) is 6.16. The van der Waals surface area contributed by atoms with Crippen LogP contribution in [0.5, 0.6) is 0 Å². The summed E-state index contributed by atoms with van der Waals surface area (Å²) in [7, 11) is 0. The normalized spacial score (nSPS) is 12.4. The molecule has 17 heavy (non-hydrogen) atoms. The maximum atomic E-state index is 5.83. The molecule has 4 nitrogen and oxygen atoms in total. The summed E-state index contributed by atoms with van der Waals surface area (Å²) >= 11 is 1.44. The van der Waals surface area contributed by atoms with Crippen molar-refractivity contribution >= 4 is 11.8 Å². The van der Waals surface area contributed by atoms with E-state index in [-0.39, 0.29) is 6.04 Å². The number of aryl methyl sites for hydroxylation is 1. The van der Waals surface area contributed by atoms with Crippen LogP contribution < -0.4 is 5.73 Å². The maximum Gasteiger partial charge on any atom is 0.194 e. The van der Waals surface area contributed by atoms with Crippen LogP contribution in [0.4, 0.5) is 0 Å². The second kappa shape index (κ2) is 5.25. The molecular weight excluding hydrogens is 232 g/mol. The molecule has 0 fully saturated rings. The third-order valence-corrected chi connectivity index (χ3v) is 3.06. The lowest BCUT2D eigenvalue weighted by Gasteiger charge is -2.06. The Morgan fingerprint density at radius 3 is 2.71 bits per heavy atom. The minimum Gasteiger partial charge on any atom is -0.324 e. The van der Waals surface area contributed by atoms with E-state index in [0.717, 1.165) is 16.3 Å². The van der Waals surface area contributed by atoms with Crippen molar-refractivity contribution in [1.82, 2.24) is 15.0 Å². The van der Waals surface area contributed by atoms with Crippen LogP contribution in [0.2, 0.25) is 0 Å². The fourth-order valence-electron chi connectivity index (χ4n) is 1.33. The van der Waals surface area contributed by atoms with Gasteiger partial charge in [-0.05, 0) is 49.4 Å². The van der Waals surface area contributed by atoms with Crippen molar-refractivity contribution in [3.8, 4) is 0 Å². The Kier molecular flexibility index (Phi) is 3.71. The van der Waals surface area contributed by atoms with Crippen LogP contribution in [-0.2, 0) is 0 Å². The Hall–Kier alpha value is -1.46.